The van der Waals surface area contributed by atoms with Crippen LogP contribution in [-0.2, 0) is 14.8 Å². The summed E-state index contributed by atoms with van der Waals surface area (Å²) < 4.78 is 27.9. The Morgan fingerprint density at radius 2 is 2.00 bits per heavy atom. The number of sulfonamides is 1. The Balaban J connectivity index is 2.52. The van der Waals surface area contributed by atoms with E-state index in [-0.39, 0.29) is 4.90 Å². The monoisotopic (exact) mass is 287 g/mol. The van der Waals surface area contributed by atoms with Gasteiger partial charge in [0.05, 0.1) is 4.90 Å². The quantitative estimate of drug-likeness (QED) is 0.491. The zero-order valence-electron chi connectivity index (χ0n) is 11.1. The standard InChI is InChI=1S/C12H21N3O3S/c1-2-5-18-6-3-4-15-11-7-10(13)8-12(9-11)19(14,16)17/h7-9,15H,2-6,13H2,1H3,(H2,14,16,17). The molecular formula is C12H21N3O3S. The van der Waals surface area contributed by atoms with Gasteiger partial charge >= 0.3 is 0 Å². The number of anilines is 2. The normalized spacial score (nSPS) is 11.5. The molecule has 7 heteroatoms. The lowest BCUT2D eigenvalue weighted by Crippen LogP contribution is -2.13. The van der Waals surface area contributed by atoms with Gasteiger partial charge in [0.2, 0.25) is 10.0 Å². The SMILES string of the molecule is CCCOCCCNc1cc(N)cc(S(N)(=O)=O)c1. The highest BCUT2D eigenvalue weighted by molar-refractivity contribution is 7.89. The van der Waals surface area contributed by atoms with E-state index in [1.807, 2.05) is 0 Å². The molecule has 0 atom stereocenters. The minimum atomic E-state index is -3.74. The van der Waals surface area contributed by atoms with Crippen molar-refractivity contribution in [2.45, 2.75) is 24.7 Å². The van der Waals surface area contributed by atoms with Crippen LogP contribution in [0.1, 0.15) is 19.8 Å². The average Bonchev–Trinajstić information content (AvgIpc) is 2.32. The van der Waals surface area contributed by atoms with Crippen molar-refractivity contribution in [3.8, 4) is 0 Å². The highest BCUT2D eigenvalue weighted by Gasteiger charge is 2.09. The van der Waals surface area contributed by atoms with Crippen LogP contribution in [0, 0.1) is 0 Å². The first-order chi connectivity index (χ1) is 8.93. The zero-order valence-corrected chi connectivity index (χ0v) is 11.9. The lowest BCUT2D eigenvalue weighted by Gasteiger charge is -2.09. The number of primary sulfonamides is 1. The third-order valence-electron chi connectivity index (χ3n) is 2.40. The molecule has 0 aromatic heterocycles. The van der Waals surface area contributed by atoms with Crippen LogP contribution in [0.25, 0.3) is 0 Å². The summed E-state index contributed by atoms with van der Waals surface area (Å²) in [6.45, 7) is 4.16. The summed E-state index contributed by atoms with van der Waals surface area (Å²) in [6.07, 6.45) is 1.83. The summed E-state index contributed by atoms with van der Waals surface area (Å²) in [5, 5.41) is 8.17. The zero-order chi connectivity index (χ0) is 14.3. The molecule has 0 saturated heterocycles. The molecule has 0 saturated carbocycles. The molecule has 0 amide bonds. The average molecular weight is 287 g/mol. The number of nitrogens with one attached hydrogen (secondary N) is 1. The highest BCUT2D eigenvalue weighted by Crippen LogP contribution is 2.19. The lowest BCUT2D eigenvalue weighted by molar-refractivity contribution is 0.134. The van der Waals surface area contributed by atoms with Crippen molar-refractivity contribution in [1.29, 1.82) is 0 Å². The first kappa shape index (κ1) is 15.7. The molecule has 0 radical (unpaired) electrons. The molecule has 1 aromatic rings. The Kier molecular flexibility index (Phi) is 6.07. The summed E-state index contributed by atoms with van der Waals surface area (Å²) in [4.78, 5) is 0.0113. The number of hydrogen-bond donors (Lipinski definition) is 3. The van der Waals surface area contributed by atoms with E-state index in [4.69, 9.17) is 15.6 Å². The third kappa shape index (κ3) is 5.91. The molecule has 0 spiro atoms. The maximum atomic E-state index is 11.3. The number of nitrogen functional groups attached to an aromatic ring is 1. The third-order valence-corrected chi connectivity index (χ3v) is 3.29. The van der Waals surface area contributed by atoms with Crippen molar-refractivity contribution in [3.63, 3.8) is 0 Å². The van der Waals surface area contributed by atoms with Crippen LogP contribution in [0.4, 0.5) is 11.4 Å². The summed E-state index contributed by atoms with van der Waals surface area (Å²) in [6, 6.07) is 4.48. The second-order valence-electron chi connectivity index (χ2n) is 4.23. The Morgan fingerprint density at radius 3 is 2.63 bits per heavy atom. The lowest BCUT2D eigenvalue weighted by atomic mass is 10.3. The maximum Gasteiger partial charge on any atom is 0.238 e. The van der Waals surface area contributed by atoms with Gasteiger partial charge in [0.1, 0.15) is 0 Å². The molecule has 0 aliphatic heterocycles. The van der Waals surface area contributed by atoms with Crippen LogP contribution in [-0.4, -0.2) is 28.2 Å². The van der Waals surface area contributed by atoms with E-state index in [1.165, 1.54) is 12.1 Å². The van der Waals surface area contributed by atoms with Gasteiger partial charge in [-0.1, -0.05) is 6.92 Å². The van der Waals surface area contributed by atoms with Gasteiger partial charge < -0.3 is 15.8 Å². The number of benzene rings is 1. The van der Waals surface area contributed by atoms with E-state index in [1.54, 1.807) is 6.07 Å². The predicted molar refractivity (Wildman–Crippen MR) is 76.4 cm³/mol. The largest absolute Gasteiger partial charge is 0.399 e. The second kappa shape index (κ2) is 7.32. The molecule has 1 rings (SSSR count). The van der Waals surface area contributed by atoms with Gasteiger partial charge in [-0.15, -0.1) is 0 Å². The summed E-state index contributed by atoms with van der Waals surface area (Å²) in [5.74, 6) is 0. The topological polar surface area (TPSA) is 107 Å². The predicted octanol–water partition coefficient (Wildman–Crippen LogP) is 1.14. The van der Waals surface area contributed by atoms with Gasteiger partial charge in [-0.05, 0) is 31.0 Å². The van der Waals surface area contributed by atoms with Crippen molar-refractivity contribution in [2.24, 2.45) is 5.14 Å². The van der Waals surface area contributed by atoms with Gasteiger partial charge in [-0.2, -0.15) is 0 Å². The van der Waals surface area contributed by atoms with Crippen LogP contribution >= 0.6 is 0 Å². The van der Waals surface area contributed by atoms with Gasteiger partial charge in [0.15, 0.2) is 0 Å². The maximum absolute atomic E-state index is 11.3. The molecule has 6 nitrogen and oxygen atoms in total. The van der Waals surface area contributed by atoms with Gasteiger partial charge in [0, 0.05) is 31.1 Å². The van der Waals surface area contributed by atoms with Crippen molar-refractivity contribution in [2.75, 3.05) is 30.8 Å². The van der Waals surface area contributed by atoms with Crippen LogP contribution in [0.5, 0.6) is 0 Å². The summed E-state index contributed by atoms with van der Waals surface area (Å²) in [5.41, 5.74) is 6.64. The van der Waals surface area contributed by atoms with Crippen LogP contribution in [0.3, 0.4) is 0 Å². The first-order valence-electron chi connectivity index (χ1n) is 6.18. The molecular weight excluding hydrogens is 266 g/mol. The molecule has 0 bridgehead atoms. The van der Waals surface area contributed by atoms with Crippen molar-refractivity contribution >= 4 is 21.4 Å². The Bertz CT molecular complexity index is 503. The number of nitrogens with two attached hydrogens (primary N) is 2. The second-order valence-corrected chi connectivity index (χ2v) is 5.79. The van der Waals surface area contributed by atoms with E-state index in [0.717, 1.165) is 19.4 Å². The Morgan fingerprint density at radius 1 is 1.26 bits per heavy atom. The Labute approximate surface area is 114 Å². The fourth-order valence-corrected chi connectivity index (χ4v) is 2.13. The van der Waals surface area contributed by atoms with Crippen molar-refractivity contribution < 1.29 is 13.2 Å². The summed E-state index contributed by atoms with van der Waals surface area (Å²) >= 11 is 0. The summed E-state index contributed by atoms with van der Waals surface area (Å²) in [7, 11) is -3.74. The number of rotatable bonds is 8. The smallest absolute Gasteiger partial charge is 0.238 e. The minimum Gasteiger partial charge on any atom is -0.399 e. The highest BCUT2D eigenvalue weighted by atomic mass is 32.2. The van der Waals surface area contributed by atoms with Gasteiger partial charge in [-0.25, -0.2) is 13.6 Å². The van der Waals surface area contributed by atoms with Crippen LogP contribution in [0.15, 0.2) is 23.1 Å². The fraction of sp³-hybridized carbons (Fsp3) is 0.500. The van der Waals surface area contributed by atoms with Gasteiger partial charge in [-0.3, -0.25) is 0 Å². The first-order valence-corrected chi connectivity index (χ1v) is 7.73. The number of ether oxygens (including phenoxy) is 1. The fourth-order valence-electron chi connectivity index (χ4n) is 1.54. The van der Waals surface area contributed by atoms with E-state index in [9.17, 15) is 8.42 Å². The molecule has 0 aliphatic rings. The van der Waals surface area contributed by atoms with Crippen LogP contribution < -0.4 is 16.2 Å². The van der Waals surface area contributed by atoms with E-state index in [0.29, 0.717) is 24.5 Å². The minimum absolute atomic E-state index is 0.0113. The van der Waals surface area contributed by atoms with E-state index < -0.39 is 10.0 Å². The molecule has 108 valence electrons. The van der Waals surface area contributed by atoms with Crippen LogP contribution in [0.2, 0.25) is 0 Å². The Hall–Kier alpha value is -1.31. The van der Waals surface area contributed by atoms with E-state index >= 15 is 0 Å². The molecule has 1 aromatic carbocycles. The molecule has 5 N–H and O–H groups in total. The van der Waals surface area contributed by atoms with Crippen molar-refractivity contribution in [3.05, 3.63) is 18.2 Å². The van der Waals surface area contributed by atoms with Gasteiger partial charge in [0.25, 0.3) is 0 Å². The molecule has 0 heterocycles. The molecule has 0 unspecified atom stereocenters. The molecule has 19 heavy (non-hydrogen) atoms. The van der Waals surface area contributed by atoms with Crippen molar-refractivity contribution in [1.82, 2.24) is 0 Å². The van der Waals surface area contributed by atoms with E-state index in [2.05, 4.69) is 12.2 Å². The molecule has 0 aliphatic carbocycles. The number of hydrogen-bond acceptors (Lipinski definition) is 5. The molecule has 0 fully saturated rings.